The van der Waals surface area contributed by atoms with E-state index in [0.717, 1.165) is 36.9 Å². The van der Waals surface area contributed by atoms with Crippen molar-refractivity contribution in [3.63, 3.8) is 0 Å². The van der Waals surface area contributed by atoms with E-state index in [2.05, 4.69) is 46.8 Å². The first-order valence-electron chi connectivity index (χ1n) is 9.43. The van der Waals surface area contributed by atoms with E-state index in [-0.39, 0.29) is 0 Å². The minimum atomic E-state index is 0.653. The van der Waals surface area contributed by atoms with Crippen molar-refractivity contribution >= 4 is 17.3 Å². The Labute approximate surface area is 170 Å². The van der Waals surface area contributed by atoms with Gasteiger partial charge in [-0.15, -0.1) is 11.3 Å². The molecule has 0 bridgehead atoms. The first-order valence-corrected chi connectivity index (χ1v) is 10.3. The van der Waals surface area contributed by atoms with E-state index in [9.17, 15) is 0 Å². The van der Waals surface area contributed by atoms with Gasteiger partial charge in [-0.1, -0.05) is 6.07 Å². The number of hydrogen-bond acceptors (Lipinski definition) is 4. The molecule has 0 atom stereocenters. The van der Waals surface area contributed by atoms with Gasteiger partial charge in [-0.05, 0) is 61.0 Å². The Balaban J connectivity index is 1.57. The maximum atomic E-state index is 5.23. The Morgan fingerprint density at radius 1 is 1.07 bits per heavy atom. The number of aliphatic imine (C=N–C) groups is 1. The molecule has 0 aliphatic carbocycles. The van der Waals surface area contributed by atoms with E-state index < -0.39 is 0 Å². The van der Waals surface area contributed by atoms with Crippen LogP contribution >= 0.6 is 11.3 Å². The van der Waals surface area contributed by atoms with Crippen molar-refractivity contribution in [3.8, 4) is 16.2 Å². The molecule has 2 heterocycles. The molecule has 0 spiro atoms. The number of aromatic nitrogens is 1. The summed E-state index contributed by atoms with van der Waals surface area (Å²) in [5.74, 6) is 1.70. The number of hydrogen-bond donors (Lipinski definition) is 2. The van der Waals surface area contributed by atoms with Gasteiger partial charge in [0.1, 0.15) is 5.75 Å². The molecular weight excluding hydrogens is 368 g/mol. The maximum Gasteiger partial charge on any atom is 0.191 e. The van der Waals surface area contributed by atoms with Crippen molar-refractivity contribution in [2.75, 3.05) is 20.2 Å². The van der Waals surface area contributed by atoms with Gasteiger partial charge in [0, 0.05) is 41.2 Å². The molecule has 28 heavy (non-hydrogen) atoms. The standard InChI is InChI=1S/C22H26N4OS/c1-3-23-22(25-15-13-18-6-4-5-14-24-18)26-16-20-11-12-21(28-20)17-7-9-19(27-2)10-8-17/h4-12,14H,3,13,15-16H2,1-2H3,(H2,23,25,26). The van der Waals surface area contributed by atoms with E-state index in [1.54, 1.807) is 18.4 Å². The first-order chi connectivity index (χ1) is 13.8. The zero-order valence-corrected chi connectivity index (χ0v) is 17.1. The molecule has 0 saturated carbocycles. The highest BCUT2D eigenvalue weighted by Crippen LogP contribution is 2.29. The van der Waals surface area contributed by atoms with E-state index >= 15 is 0 Å². The number of guanidine groups is 1. The molecule has 0 radical (unpaired) electrons. The predicted molar refractivity (Wildman–Crippen MR) is 117 cm³/mol. The number of methoxy groups -OCH3 is 1. The largest absolute Gasteiger partial charge is 0.497 e. The van der Waals surface area contributed by atoms with E-state index in [0.29, 0.717) is 6.54 Å². The average molecular weight is 395 g/mol. The molecule has 2 aromatic heterocycles. The Morgan fingerprint density at radius 3 is 2.64 bits per heavy atom. The van der Waals surface area contributed by atoms with Crippen LogP contribution in [0.15, 0.2) is 65.8 Å². The normalized spacial score (nSPS) is 11.3. The van der Waals surface area contributed by atoms with Crippen LogP contribution in [-0.4, -0.2) is 31.1 Å². The fourth-order valence-corrected chi connectivity index (χ4v) is 3.66. The van der Waals surface area contributed by atoms with Crippen LogP contribution in [-0.2, 0) is 13.0 Å². The number of nitrogens with one attached hydrogen (secondary N) is 2. The van der Waals surface area contributed by atoms with Crippen LogP contribution in [0.25, 0.3) is 10.4 Å². The highest BCUT2D eigenvalue weighted by atomic mass is 32.1. The van der Waals surface area contributed by atoms with Gasteiger partial charge in [0.2, 0.25) is 0 Å². The van der Waals surface area contributed by atoms with Crippen molar-refractivity contribution < 1.29 is 4.74 Å². The summed E-state index contributed by atoms with van der Waals surface area (Å²) in [6, 6.07) is 18.4. The number of thiophene rings is 1. The zero-order chi connectivity index (χ0) is 19.6. The monoisotopic (exact) mass is 394 g/mol. The van der Waals surface area contributed by atoms with Gasteiger partial charge in [0.25, 0.3) is 0 Å². The SMILES string of the molecule is CCNC(=NCc1ccc(-c2ccc(OC)cc2)s1)NCCc1ccccn1. The number of benzene rings is 1. The van der Waals surface area contributed by atoms with Gasteiger partial charge in [-0.25, -0.2) is 4.99 Å². The van der Waals surface area contributed by atoms with E-state index in [1.165, 1.54) is 15.3 Å². The van der Waals surface area contributed by atoms with Crippen molar-refractivity contribution in [2.45, 2.75) is 19.9 Å². The predicted octanol–water partition coefficient (Wildman–Crippen LogP) is 4.12. The lowest BCUT2D eigenvalue weighted by atomic mass is 10.2. The number of pyridine rings is 1. The second kappa shape index (κ2) is 10.5. The average Bonchev–Trinajstić information content (AvgIpc) is 3.22. The summed E-state index contributed by atoms with van der Waals surface area (Å²) < 4.78 is 5.23. The molecule has 6 heteroatoms. The second-order valence-corrected chi connectivity index (χ2v) is 7.36. The summed E-state index contributed by atoms with van der Waals surface area (Å²) in [7, 11) is 1.68. The number of nitrogens with zero attached hydrogens (tertiary/aromatic N) is 2. The summed E-state index contributed by atoms with van der Waals surface area (Å²) >= 11 is 1.77. The van der Waals surface area contributed by atoms with Crippen LogP contribution in [0, 0.1) is 0 Å². The molecule has 0 aliphatic heterocycles. The molecule has 3 aromatic rings. The number of rotatable bonds is 8. The number of ether oxygens (including phenoxy) is 1. The van der Waals surface area contributed by atoms with Gasteiger partial charge < -0.3 is 15.4 Å². The minimum Gasteiger partial charge on any atom is -0.497 e. The molecule has 0 aliphatic rings. The van der Waals surface area contributed by atoms with E-state index in [4.69, 9.17) is 9.73 Å². The molecule has 0 fully saturated rings. The van der Waals surface area contributed by atoms with Crippen molar-refractivity contribution in [1.29, 1.82) is 0 Å². The van der Waals surface area contributed by atoms with E-state index in [1.807, 2.05) is 36.5 Å². The third-order valence-electron chi connectivity index (χ3n) is 4.17. The highest BCUT2D eigenvalue weighted by Gasteiger charge is 2.04. The zero-order valence-electron chi connectivity index (χ0n) is 16.3. The highest BCUT2D eigenvalue weighted by molar-refractivity contribution is 7.15. The van der Waals surface area contributed by atoms with Gasteiger partial charge in [0.15, 0.2) is 5.96 Å². The van der Waals surface area contributed by atoms with Gasteiger partial charge >= 0.3 is 0 Å². The molecule has 0 unspecified atom stereocenters. The van der Waals surface area contributed by atoms with Gasteiger partial charge in [-0.2, -0.15) is 0 Å². The molecule has 2 N–H and O–H groups in total. The molecule has 0 saturated heterocycles. The van der Waals surface area contributed by atoms with Gasteiger partial charge in [0.05, 0.1) is 13.7 Å². The molecular formula is C22H26N4OS. The summed E-state index contributed by atoms with van der Waals surface area (Å²) in [4.78, 5) is 11.5. The fourth-order valence-electron chi connectivity index (χ4n) is 2.73. The first kappa shape index (κ1) is 19.9. The Kier molecular flexibility index (Phi) is 7.44. The molecule has 146 valence electrons. The van der Waals surface area contributed by atoms with Crippen molar-refractivity contribution in [3.05, 3.63) is 71.4 Å². The second-order valence-electron chi connectivity index (χ2n) is 6.19. The van der Waals surface area contributed by atoms with Crippen LogP contribution in [0.5, 0.6) is 5.75 Å². The van der Waals surface area contributed by atoms with Crippen LogP contribution in [0.2, 0.25) is 0 Å². The van der Waals surface area contributed by atoms with Crippen LogP contribution in [0.3, 0.4) is 0 Å². The molecule has 1 aromatic carbocycles. The summed E-state index contributed by atoms with van der Waals surface area (Å²) in [5, 5.41) is 6.68. The lowest BCUT2D eigenvalue weighted by Gasteiger charge is -2.10. The summed E-state index contributed by atoms with van der Waals surface area (Å²) in [6.07, 6.45) is 2.69. The Hall–Kier alpha value is -2.86. The quantitative estimate of drug-likeness (QED) is 0.446. The lowest BCUT2D eigenvalue weighted by Crippen LogP contribution is -2.38. The van der Waals surface area contributed by atoms with Crippen LogP contribution < -0.4 is 15.4 Å². The third-order valence-corrected chi connectivity index (χ3v) is 5.29. The third kappa shape index (κ3) is 5.82. The van der Waals surface area contributed by atoms with Crippen molar-refractivity contribution in [1.82, 2.24) is 15.6 Å². The Morgan fingerprint density at radius 2 is 1.93 bits per heavy atom. The van der Waals surface area contributed by atoms with Gasteiger partial charge in [-0.3, -0.25) is 4.98 Å². The van der Waals surface area contributed by atoms with Crippen LogP contribution in [0.4, 0.5) is 0 Å². The summed E-state index contributed by atoms with van der Waals surface area (Å²) in [5.41, 5.74) is 2.27. The fraction of sp³-hybridized carbons (Fsp3) is 0.273. The van der Waals surface area contributed by atoms with Crippen molar-refractivity contribution in [2.24, 2.45) is 4.99 Å². The maximum absolute atomic E-state index is 5.23. The Bertz CT molecular complexity index is 875. The van der Waals surface area contributed by atoms with Crippen LogP contribution in [0.1, 0.15) is 17.5 Å². The molecule has 0 amide bonds. The minimum absolute atomic E-state index is 0.653. The lowest BCUT2D eigenvalue weighted by molar-refractivity contribution is 0.415. The summed E-state index contributed by atoms with van der Waals surface area (Å²) in [6.45, 7) is 4.35. The smallest absolute Gasteiger partial charge is 0.191 e. The molecule has 5 nitrogen and oxygen atoms in total. The topological polar surface area (TPSA) is 58.5 Å². The molecule has 3 rings (SSSR count).